The molecule has 0 fully saturated rings. The van der Waals surface area contributed by atoms with Gasteiger partial charge < -0.3 is 5.11 Å². The SMILES string of the molecule is OCCc1ccccc1CCS. The van der Waals surface area contributed by atoms with E-state index >= 15 is 0 Å². The molecule has 1 N–H and O–H groups in total. The van der Waals surface area contributed by atoms with Gasteiger partial charge in [-0.1, -0.05) is 24.3 Å². The molecule has 0 saturated heterocycles. The Kier molecular flexibility index (Phi) is 4.19. The van der Waals surface area contributed by atoms with E-state index in [1.165, 1.54) is 11.1 Å². The van der Waals surface area contributed by atoms with E-state index in [0.717, 1.165) is 18.6 Å². The van der Waals surface area contributed by atoms with Gasteiger partial charge in [-0.15, -0.1) is 0 Å². The van der Waals surface area contributed by atoms with Crippen molar-refractivity contribution in [3.05, 3.63) is 35.4 Å². The molecule has 1 aromatic rings. The van der Waals surface area contributed by atoms with Crippen molar-refractivity contribution < 1.29 is 5.11 Å². The Hall–Kier alpha value is -0.470. The van der Waals surface area contributed by atoms with Crippen LogP contribution in [0.2, 0.25) is 0 Å². The molecule has 12 heavy (non-hydrogen) atoms. The van der Waals surface area contributed by atoms with E-state index in [4.69, 9.17) is 5.11 Å². The lowest BCUT2D eigenvalue weighted by Gasteiger charge is -2.05. The minimum atomic E-state index is 0.226. The highest BCUT2D eigenvalue weighted by molar-refractivity contribution is 7.80. The molecule has 0 saturated carbocycles. The number of thiol groups is 1. The van der Waals surface area contributed by atoms with Crippen molar-refractivity contribution in [3.8, 4) is 0 Å². The molecule has 1 rings (SSSR count). The first-order valence-corrected chi connectivity index (χ1v) is 4.80. The lowest BCUT2D eigenvalue weighted by molar-refractivity contribution is 0.299. The van der Waals surface area contributed by atoms with Gasteiger partial charge in [-0.25, -0.2) is 0 Å². The molecule has 0 aromatic heterocycles. The van der Waals surface area contributed by atoms with Gasteiger partial charge in [0.05, 0.1) is 0 Å². The number of hydrogen-bond donors (Lipinski definition) is 2. The maximum absolute atomic E-state index is 8.79. The van der Waals surface area contributed by atoms with Crippen LogP contribution in [0.4, 0.5) is 0 Å². The second-order valence-electron chi connectivity index (χ2n) is 2.72. The van der Waals surface area contributed by atoms with Gasteiger partial charge in [-0.2, -0.15) is 12.6 Å². The highest BCUT2D eigenvalue weighted by atomic mass is 32.1. The summed E-state index contributed by atoms with van der Waals surface area (Å²) in [6, 6.07) is 8.20. The summed E-state index contributed by atoms with van der Waals surface area (Å²) < 4.78 is 0. The van der Waals surface area contributed by atoms with Crippen LogP contribution in [0.25, 0.3) is 0 Å². The number of benzene rings is 1. The standard InChI is InChI=1S/C10H14OS/c11-7-5-9-3-1-2-4-10(9)6-8-12/h1-4,11-12H,5-8H2. The summed E-state index contributed by atoms with van der Waals surface area (Å²) in [5.74, 6) is 0.864. The average Bonchev–Trinajstić information content (AvgIpc) is 2.09. The van der Waals surface area contributed by atoms with E-state index < -0.39 is 0 Å². The molecule has 0 bridgehead atoms. The Morgan fingerprint density at radius 2 is 1.67 bits per heavy atom. The van der Waals surface area contributed by atoms with Crippen LogP contribution in [0.3, 0.4) is 0 Å². The fraction of sp³-hybridized carbons (Fsp3) is 0.400. The molecule has 1 nitrogen and oxygen atoms in total. The molecular formula is C10H14OS. The molecule has 0 spiro atoms. The summed E-state index contributed by atoms with van der Waals surface area (Å²) in [5.41, 5.74) is 2.55. The van der Waals surface area contributed by atoms with Crippen molar-refractivity contribution in [2.24, 2.45) is 0 Å². The van der Waals surface area contributed by atoms with E-state index in [1.54, 1.807) is 0 Å². The van der Waals surface area contributed by atoms with Gasteiger partial charge in [-0.05, 0) is 29.7 Å². The van der Waals surface area contributed by atoms with Crippen molar-refractivity contribution in [3.63, 3.8) is 0 Å². The van der Waals surface area contributed by atoms with Crippen molar-refractivity contribution in [2.75, 3.05) is 12.4 Å². The third-order valence-electron chi connectivity index (χ3n) is 1.88. The smallest absolute Gasteiger partial charge is 0.0471 e. The monoisotopic (exact) mass is 182 g/mol. The Balaban J connectivity index is 2.77. The largest absolute Gasteiger partial charge is 0.396 e. The van der Waals surface area contributed by atoms with Crippen molar-refractivity contribution in [1.29, 1.82) is 0 Å². The third-order valence-corrected chi connectivity index (χ3v) is 2.10. The zero-order valence-electron chi connectivity index (χ0n) is 7.03. The topological polar surface area (TPSA) is 20.2 Å². The number of rotatable bonds is 4. The molecule has 0 aliphatic carbocycles. The minimum Gasteiger partial charge on any atom is -0.396 e. The number of aliphatic hydroxyl groups excluding tert-OH is 1. The molecule has 0 aliphatic heterocycles. The summed E-state index contributed by atoms with van der Waals surface area (Å²) in [6.07, 6.45) is 1.74. The van der Waals surface area contributed by atoms with E-state index in [9.17, 15) is 0 Å². The zero-order valence-corrected chi connectivity index (χ0v) is 7.93. The van der Waals surface area contributed by atoms with E-state index in [2.05, 4.69) is 24.8 Å². The van der Waals surface area contributed by atoms with Gasteiger partial charge in [-0.3, -0.25) is 0 Å². The molecule has 0 aliphatic rings. The fourth-order valence-corrected chi connectivity index (χ4v) is 1.53. The van der Waals surface area contributed by atoms with Gasteiger partial charge in [0.1, 0.15) is 0 Å². The summed E-state index contributed by atoms with van der Waals surface area (Å²) in [7, 11) is 0. The van der Waals surface area contributed by atoms with Gasteiger partial charge in [0.15, 0.2) is 0 Å². The van der Waals surface area contributed by atoms with E-state index in [-0.39, 0.29) is 6.61 Å². The second-order valence-corrected chi connectivity index (χ2v) is 3.16. The van der Waals surface area contributed by atoms with E-state index in [0.29, 0.717) is 0 Å². The molecule has 0 amide bonds. The first-order chi connectivity index (χ1) is 5.88. The Morgan fingerprint density at radius 3 is 2.17 bits per heavy atom. The maximum Gasteiger partial charge on any atom is 0.0471 e. The third kappa shape index (κ3) is 2.54. The summed E-state index contributed by atoms with van der Waals surface area (Å²) in [4.78, 5) is 0. The Bertz CT molecular complexity index is 210. The van der Waals surface area contributed by atoms with Gasteiger partial charge >= 0.3 is 0 Å². The quantitative estimate of drug-likeness (QED) is 0.679. The van der Waals surface area contributed by atoms with Crippen LogP contribution < -0.4 is 0 Å². The molecule has 0 heterocycles. The Morgan fingerprint density at radius 1 is 1.08 bits per heavy atom. The predicted octanol–water partition coefficient (Wildman–Crippen LogP) is 1.69. The predicted molar refractivity (Wildman–Crippen MR) is 54.8 cm³/mol. The molecule has 0 atom stereocenters. The Labute approximate surface area is 78.8 Å². The van der Waals surface area contributed by atoms with Crippen molar-refractivity contribution >= 4 is 12.6 Å². The molecular weight excluding hydrogens is 168 g/mol. The van der Waals surface area contributed by atoms with Crippen LogP contribution in [0.1, 0.15) is 11.1 Å². The molecule has 0 radical (unpaired) electrons. The summed E-state index contributed by atoms with van der Waals surface area (Å²) in [5, 5.41) is 8.79. The molecule has 1 aromatic carbocycles. The first kappa shape index (κ1) is 9.62. The first-order valence-electron chi connectivity index (χ1n) is 4.17. The number of aliphatic hydroxyl groups is 1. The van der Waals surface area contributed by atoms with Gasteiger partial charge in [0.2, 0.25) is 0 Å². The number of hydrogen-bond acceptors (Lipinski definition) is 2. The van der Waals surface area contributed by atoms with Crippen LogP contribution in [-0.2, 0) is 12.8 Å². The molecule has 2 heteroatoms. The second kappa shape index (κ2) is 5.22. The minimum absolute atomic E-state index is 0.226. The summed E-state index contributed by atoms with van der Waals surface area (Å²) in [6.45, 7) is 0.226. The lowest BCUT2D eigenvalue weighted by Crippen LogP contribution is -1.97. The van der Waals surface area contributed by atoms with Crippen LogP contribution in [-0.4, -0.2) is 17.5 Å². The fourth-order valence-electron chi connectivity index (χ4n) is 1.29. The van der Waals surface area contributed by atoms with E-state index in [1.807, 2.05) is 12.1 Å². The van der Waals surface area contributed by atoms with Crippen LogP contribution in [0, 0.1) is 0 Å². The molecule has 66 valence electrons. The normalized spacial score (nSPS) is 10.2. The summed E-state index contributed by atoms with van der Waals surface area (Å²) >= 11 is 4.18. The van der Waals surface area contributed by atoms with Crippen LogP contribution >= 0.6 is 12.6 Å². The maximum atomic E-state index is 8.79. The molecule has 0 unspecified atom stereocenters. The zero-order chi connectivity index (χ0) is 8.81. The van der Waals surface area contributed by atoms with Gasteiger partial charge in [0.25, 0.3) is 0 Å². The highest BCUT2D eigenvalue weighted by Crippen LogP contribution is 2.10. The average molecular weight is 182 g/mol. The van der Waals surface area contributed by atoms with Crippen LogP contribution in [0.15, 0.2) is 24.3 Å². The highest BCUT2D eigenvalue weighted by Gasteiger charge is 1.98. The van der Waals surface area contributed by atoms with Crippen molar-refractivity contribution in [2.45, 2.75) is 12.8 Å². The van der Waals surface area contributed by atoms with Crippen molar-refractivity contribution in [1.82, 2.24) is 0 Å². The van der Waals surface area contributed by atoms with Crippen LogP contribution in [0.5, 0.6) is 0 Å². The lowest BCUT2D eigenvalue weighted by atomic mass is 10.0. The number of aryl methyl sites for hydroxylation is 1. The van der Waals surface area contributed by atoms with Gasteiger partial charge in [0, 0.05) is 6.61 Å².